The van der Waals surface area contributed by atoms with Gasteiger partial charge in [-0.05, 0) is 30.3 Å². The van der Waals surface area contributed by atoms with Crippen molar-refractivity contribution in [1.82, 2.24) is 5.32 Å². The van der Waals surface area contributed by atoms with Crippen LogP contribution in [0.15, 0.2) is 54.6 Å². The average molecular weight is 366 g/mol. The molecule has 0 aromatic heterocycles. The van der Waals surface area contributed by atoms with Crippen molar-refractivity contribution in [2.45, 2.75) is 12.6 Å². The number of rotatable bonds is 7. The van der Waals surface area contributed by atoms with E-state index in [1.54, 1.807) is 24.3 Å². The molecular weight excluding hydrogens is 349 g/mol. The third kappa shape index (κ3) is 6.46. The summed E-state index contributed by atoms with van der Waals surface area (Å²) in [7, 11) is 0. The number of alkyl halides is 3. The van der Waals surface area contributed by atoms with Crippen molar-refractivity contribution in [3.63, 3.8) is 0 Å². The second-order valence-electron chi connectivity index (χ2n) is 5.31. The van der Waals surface area contributed by atoms with Crippen molar-refractivity contribution in [3.05, 3.63) is 60.2 Å². The molecule has 0 aliphatic rings. The second-order valence-corrected chi connectivity index (χ2v) is 5.31. The number of carbonyl (C=O) groups is 2. The summed E-state index contributed by atoms with van der Waals surface area (Å²) in [4.78, 5) is 23.4. The lowest BCUT2D eigenvalue weighted by Crippen LogP contribution is -2.33. The molecule has 2 aromatic carbocycles. The molecule has 0 heterocycles. The van der Waals surface area contributed by atoms with Gasteiger partial charge in [0, 0.05) is 5.69 Å². The van der Waals surface area contributed by atoms with Crippen LogP contribution in [0.2, 0.25) is 0 Å². The molecule has 138 valence electrons. The van der Waals surface area contributed by atoms with E-state index in [1.807, 2.05) is 6.07 Å². The van der Waals surface area contributed by atoms with Crippen LogP contribution in [-0.4, -0.2) is 25.0 Å². The molecule has 0 atom stereocenters. The molecule has 2 N–H and O–H groups in total. The molecule has 5 nitrogen and oxygen atoms in total. The van der Waals surface area contributed by atoms with Crippen molar-refractivity contribution >= 4 is 17.5 Å². The van der Waals surface area contributed by atoms with Crippen LogP contribution in [0.3, 0.4) is 0 Å². The van der Waals surface area contributed by atoms with E-state index in [1.165, 1.54) is 12.1 Å². The fourth-order valence-electron chi connectivity index (χ4n) is 2.02. The highest BCUT2D eigenvalue weighted by Gasteiger charge is 2.30. The lowest BCUT2D eigenvalue weighted by atomic mass is 10.2. The van der Waals surface area contributed by atoms with Crippen molar-refractivity contribution in [1.29, 1.82) is 0 Å². The summed E-state index contributed by atoms with van der Waals surface area (Å²) in [5, 5.41) is 4.69. The quantitative estimate of drug-likeness (QED) is 0.791. The molecule has 0 aliphatic carbocycles. The van der Waals surface area contributed by atoms with Gasteiger partial charge in [-0.3, -0.25) is 9.59 Å². The van der Waals surface area contributed by atoms with Gasteiger partial charge in [0.05, 0.1) is 25.1 Å². The van der Waals surface area contributed by atoms with E-state index in [4.69, 9.17) is 4.74 Å². The molecule has 0 saturated carbocycles. The summed E-state index contributed by atoms with van der Waals surface area (Å²) < 4.78 is 43.2. The molecule has 2 aromatic rings. The number of hydrogen-bond acceptors (Lipinski definition) is 3. The molecule has 0 spiro atoms. The third-order valence-electron chi connectivity index (χ3n) is 3.26. The summed E-state index contributed by atoms with van der Waals surface area (Å²) in [5.74, 6) is -0.399. The van der Waals surface area contributed by atoms with Crippen LogP contribution in [0, 0.1) is 0 Å². The zero-order valence-electron chi connectivity index (χ0n) is 13.7. The summed E-state index contributed by atoms with van der Waals surface area (Å²) in [6.07, 6.45) is -4.45. The predicted octanol–water partition coefficient (Wildman–Crippen LogP) is 3.23. The Bertz CT molecular complexity index is 749. The van der Waals surface area contributed by atoms with Crippen molar-refractivity contribution in [3.8, 4) is 5.75 Å². The Morgan fingerprint density at radius 3 is 2.38 bits per heavy atom. The summed E-state index contributed by atoms with van der Waals surface area (Å²) in [6, 6.07) is 13.2. The van der Waals surface area contributed by atoms with Gasteiger partial charge in [0.25, 0.3) is 0 Å². The van der Waals surface area contributed by atoms with Crippen molar-refractivity contribution in [2.24, 2.45) is 0 Å². The monoisotopic (exact) mass is 366 g/mol. The number of nitrogens with one attached hydrogen (secondary N) is 2. The molecule has 2 amide bonds. The van der Waals surface area contributed by atoms with Crippen molar-refractivity contribution < 1.29 is 27.5 Å². The van der Waals surface area contributed by atoms with Gasteiger partial charge in [-0.25, -0.2) is 0 Å². The van der Waals surface area contributed by atoms with Crippen molar-refractivity contribution in [2.75, 3.05) is 18.5 Å². The van der Waals surface area contributed by atoms with Crippen LogP contribution in [0.1, 0.15) is 12.0 Å². The molecule has 0 fully saturated rings. The van der Waals surface area contributed by atoms with Gasteiger partial charge in [0.15, 0.2) is 0 Å². The Labute approximate surface area is 148 Å². The van der Waals surface area contributed by atoms with Crippen LogP contribution in [0.4, 0.5) is 18.9 Å². The molecule has 8 heteroatoms. The van der Waals surface area contributed by atoms with Crippen LogP contribution in [0.25, 0.3) is 0 Å². The lowest BCUT2D eigenvalue weighted by molar-refractivity contribution is -0.137. The van der Waals surface area contributed by atoms with Gasteiger partial charge >= 0.3 is 6.18 Å². The number of anilines is 1. The van der Waals surface area contributed by atoms with E-state index in [2.05, 4.69) is 10.6 Å². The summed E-state index contributed by atoms with van der Waals surface area (Å²) in [6.45, 7) is -0.203. The lowest BCUT2D eigenvalue weighted by Gasteiger charge is -2.10. The standard InChI is InChI=1S/C18H17F3N2O3/c19-18(20,21)13-5-4-6-14(11-13)23-17(25)12-22-16(24)9-10-26-15-7-2-1-3-8-15/h1-8,11H,9-10,12H2,(H,22,24)(H,23,25). The number of carbonyl (C=O) groups excluding carboxylic acids is 2. The highest BCUT2D eigenvalue weighted by atomic mass is 19.4. The van der Waals surface area contributed by atoms with Gasteiger partial charge in [-0.1, -0.05) is 24.3 Å². The molecule has 0 aliphatic heterocycles. The second kappa shape index (κ2) is 8.89. The van der Waals surface area contributed by atoms with E-state index >= 15 is 0 Å². The van der Waals surface area contributed by atoms with Gasteiger partial charge in [-0.15, -0.1) is 0 Å². The minimum atomic E-state index is -4.49. The maximum Gasteiger partial charge on any atom is 0.416 e. The Balaban J connectivity index is 1.72. The number of para-hydroxylation sites is 1. The third-order valence-corrected chi connectivity index (χ3v) is 3.26. The zero-order chi connectivity index (χ0) is 19.0. The summed E-state index contributed by atoms with van der Waals surface area (Å²) in [5.41, 5.74) is -0.858. The summed E-state index contributed by atoms with van der Waals surface area (Å²) >= 11 is 0. The van der Waals surface area contributed by atoms with E-state index in [9.17, 15) is 22.8 Å². The minimum absolute atomic E-state index is 0.00600. The van der Waals surface area contributed by atoms with Crippen LogP contribution in [-0.2, 0) is 15.8 Å². The van der Waals surface area contributed by atoms with Crippen LogP contribution >= 0.6 is 0 Å². The van der Waals surface area contributed by atoms with Crippen LogP contribution < -0.4 is 15.4 Å². The molecule has 26 heavy (non-hydrogen) atoms. The number of hydrogen-bond donors (Lipinski definition) is 2. The Kier molecular flexibility index (Phi) is 6.60. The van der Waals surface area contributed by atoms with E-state index in [-0.39, 0.29) is 25.3 Å². The topological polar surface area (TPSA) is 67.4 Å². The van der Waals surface area contributed by atoms with Gasteiger partial charge in [-0.2, -0.15) is 13.2 Å². The fraction of sp³-hybridized carbons (Fsp3) is 0.222. The Morgan fingerprint density at radius 2 is 1.69 bits per heavy atom. The molecule has 0 saturated heterocycles. The van der Waals surface area contributed by atoms with E-state index in [0.29, 0.717) is 5.75 Å². The van der Waals surface area contributed by atoms with Crippen LogP contribution in [0.5, 0.6) is 5.75 Å². The number of ether oxygens (including phenoxy) is 1. The SMILES string of the molecule is O=C(CCOc1ccccc1)NCC(=O)Nc1cccc(C(F)(F)F)c1. The first-order valence-electron chi connectivity index (χ1n) is 7.76. The molecular formula is C18H17F3N2O3. The zero-order valence-corrected chi connectivity index (χ0v) is 13.7. The highest BCUT2D eigenvalue weighted by Crippen LogP contribution is 2.30. The first-order valence-corrected chi connectivity index (χ1v) is 7.76. The van der Waals surface area contributed by atoms with Gasteiger partial charge < -0.3 is 15.4 Å². The molecule has 0 radical (unpaired) electrons. The maximum atomic E-state index is 12.6. The number of amides is 2. The normalized spacial score (nSPS) is 10.9. The fourth-order valence-corrected chi connectivity index (χ4v) is 2.02. The molecule has 0 unspecified atom stereocenters. The maximum absolute atomic E-state index is 12.6. The highest BCUT2D eigenvalue weighted by molar-refractivity contribution is 5.94. The number of halogens is 3. The van der Waals surface area contributed by atoms with E-state index < -0.39 is 23.6 Å². The molecule has 2 rings (SSSR count). The first-order chi connectivity index (χ1) is 12.3. The Hall–Kier alpha value is -3.03. The first kappa shape index (κ1) is 19.3. The minimum Gasteiger partial charge on any atom is -0.493 e. The Morgan fingerprint density at radius 1 is 0.962 bits per heavy atom. The number of benzene rings is 2. The van der Waals surface area contributed by atoms with E-state index in [0.717, 1.165) is 12.1 Å². The van der Waals surface area contributed by atoms with Gasteiger partial charge in [0.2, 0.25) is 11.8 Å². The van der Waals surface area contributed by atoms with Gasteiger partial charge in [0.1, 0.15) is 5.75 Å². The molecule has 0 bridgehead atoms. The predicted molar refractivity (Wildman–Crippen MR) is 89.6 cm³/mol. The largest absolute Gasteiger partial charge is 0.493 e. The smallest absolute Gasteiger partial charge is 0.416 e. The average Bonchev–Trinajstić information content (AvgIpc) is 2.60.